The van der Waals surface area contributed by atoms with Crippen molar-refractivity contribution in [3.63, 3.8) is 0 Å². The number of ketones is 1. The van der Waals surface area contributed by atoms with Gasteiger partial charge in [-0.1, -0.05) is 44.2 Å². The fraction of sp³-hybridized carbons (Fsp3) is 0.500. The molecule has 0 aliphatic rings. The first-order chi connectivity index (χ1) is 13.2. The molecule has 8 heteroatoms. The Morgan fingerprint density at radius 2 is 1.68 bits per heavy atom. The van der Waals surface area contributed by atoms with Crippen LogP contribution in [0.25, 0.3) is 0 Å². The first-order valence-corrected chi connectivity index (χ1v) is 9.09. The molecule has 0 unspecified atom stereocenters. The van der Waals surface area contributed by atoms with E-state index in [1.807, 2.05) is 30.3 Å². The predicted octanol–water partition coefficient (Wildman–Crippen LogP) is 1.96. The van der Waals surface area contributed by atoms with Gasteiger partial charge in [0.05, 0.1) is 7.11 Å². The highest BCUT2D eigenvalue weighted by Gasteiger charge is 2.29. The molecule has 2 atom stereocenters. The summed E-state index contributed by atoms with van der Waals surface area (Å²) in [7, 11) is 1.20. The standard InChI is InChI=1S/C20H28N2O6/c1-13(2)17(22-20(26)28-12-15-8-6-5-7-9-15)18(24)21-16(19(25)27-4)11-10-14(3)23/h5-9,13,16-17H,10-12H2,1-4H3,(H,21,24)(H,22,26)/t16-,17-/m1/s1. The number of nitrogens with one attached hydrogen (secondary N) is 2. The summed E-state index contributed by atoms with van der Waals surface area (Å²) in [5.41, 5.74) is 0.818. The minimum atomic E-state index is -0.968. The summed E-state index contributed by atoms with van der Waals surface area (Å²) >= 11 is 0. The smallest absolute Gasteiger partial charge is 0.408 e. The van der Waals surface area contributed by atoms with Gasteiger partial charge in [0.1, 0.15) is 24.5 Å². The van der Waals surface area contributed by atoms with Crippen molar-refractivity contribution >= 4 is 23.8 Å². The van der Waals surface area contributed by atoms with Crippen LogP contribution in [0.2, 0.25) is 0 Å². The van der Waals surface area contributed by atoms with Gasteiger partial charge in [-0.15, -0.1) is 0 Å². The Hall–Kier alpha value is -2.90. The molecule has 0 aliphatic carbocycles. The molecule has 0 saturated heterocycles. The third-order valence-electron chi connectivity index (χ3n) is 4.02. The fourth-order valence-electron chi connectivity index (χ4n) is 2.43. The van der Waals surface area contributed by atoms with E-state index in [0.29, 0.717) is 0 Å². The molecule has 0 aromatic heterocycles. The predicted molar refractivity (Wildman–Crippen MR) is 102 cm³/mol. The molecule has 0 radical (unpaired) electrons. The molecule has 2 N–H and O–H groups in total. The van der Waals surface area contributed by atoms with Gasteiger partial charge in [0, 0.05) is 6.42 Å². The molecule has 154 valence electrons. The summed E-state index contributed by atoms with van der Waals surface area (Å²) in [6.07, 6.45) is -0.494. The number of rotatable bonds is 10. The lowest BCUT2D eigenvalue weighted by molar-refractivity contribution is -0.145. The van der Waals surface area contributed by atoms with Crippen LogP contribution < -0.4 is 10.6 Å². The first kappa shape index (κ1) is 23.1. The molecule has 2 amide bonds. The number of alkyl carbamates (subject to hydrolysis) is 1. The van der Waals surface area contributed by atoms with Gasteiger partial charge >= 0.3 is 12.1 Å². The Kier molecular flexibility index (Phi) is 9.70. The minimum Gasteiger partial charge on any atom is -0.467 e. The second-order valence-electron chi connectivity index (χ2n) is 6.75. The number of hydrogen-bond donors (Lipinski definition) is 2. The van der Waals surface area contributed by atoms with Gasteiger partial charge in [-0.2, -0.15) is 0 Å². The summed E-state index contributed by atoms with van der Waals surface area (Å²) in [5, 5.41) is 5.07. The van der Waals surface area contributed by atoms with Crippen LogP contribution in [0.5, 0.6) is 0 Å². The second kappa shape index (κ2) is 11.7. The lowest BCUT2D eigenvalue weighted by atomic mass is 10.0. The Morgan fingerprint density at radius 3 is 2.21 bits per heavy atom. The number of amides is 2. The second-order valence-corrected chi connectivity index (χ2v) is 6.75. The van der Waals surface area contributed by atoms with Crippen molar-refractivity contribution in [3.8, 4) is 0 Å². The maximum absolute atomic E-state index is 12.6. The van der Waals surface area contributed by atoms with E-state index in [9.17, 15) is 19.2 Å². The van der Waals surface area contributed by atoms with E-state index in [1.54, 1.807) is 13.8 Å². The van der Waals surface area contributed by atoms with Crippen LogP contribution in [0, 0.1) is 5.92 Å². The third kappa shape index (κ3) is 8.20. The zero-order chi connectivity index (χ0) is 21.1. The van der Waals surface area contributed by atoms with Gasteiger partial charge in [0.15, 0.2) is 0 Å². The van der Waals surface area contributed by atoms with Crippen LogP contribution in [0.1, 0.15) is 39.2 Å². The number of methoxy groups -OCH3 is 1. The van der Waals surface area contributed by atoms with Gasteiger partial charge in [-0.25, -0.2) is 9.59 Å². The summed E-state index contributed by atoms with van der Waals surface area (Å²) < 4.78 is 9.82. The molecule has 8 nitrogen and oxygen atoms in total. The molecular weight excluding hydrogens is 364 g/mol. The van der Waals surface area contributed by atoms with E-state index in [4.69, 9.17) is 4.74 Å². The summed E-state index contributed by atoms with van der Waals surface area (Å²) in [5.74, 6) is -1.56. The van der Waals surface area contributed by atoms with Gasteiger partial charge in [0.2, 0.25) is 5.91 Å². The zero-order valence-corrected chi connectivity index (χ0v) is 16.7. The van der Waals surface area contributed by atoms with Crippen molar-refractivity contribution in [2.75, 3.05) is 7.11 Å². The molecule has 0 saturated carbocycles. The van der Waals surface area contributed by atoms with Crippen LogP contribution in [0.4, 0.5) is 4.79 Å². The van der Waals surface area contributed by atoms with Crippen molar-refractivity contribution in [2.45, 2.75) is 52.3 Å². The molecule has 1 aromatic rings. The minimum absolute atomic E-state index is 0.0719. The third-order valence-corrected chi connectivity index (χ3v) is 4.02. The number of ether oxygens (including phenoxy) is 2. The highest BCUT2D eigenvalue weighted by molar-refractivity contribution is 5.90. The molecule has 1 rings (SSSR count). The highest BCUT2D eigenvalue weighted by Crippen LogP contribution is 2.07. The summed E-state index contributed by atoms with van der Waals surface area (Å²) in [6, 6.07) is 7.26. The lowest BCUT2D eigenvalue weighted by Crippen LogP contribution is -2.54. The van der Waals surface area contributed by atoms with Gasteiger partial charge in [-0.05, 0) is 24.8 Å². The number of carbonyl (C=O) groups is 4. The molecule has 1 aromatic carbocycles. The molecule has 0 heterocycles. The summed E-state index contributed by atoms with van der Waals surface area (Å²) in [4.78, 5) is 47.7. The van der Waals surface area contributed by atoms with E-state index in [0.717, 1.165) is 5.56 Å². The van der Waals surface area contributed by atoms with Crippen molar-refractivity contribution in [3.05, 3.63) is 35.9 Å². The topological polar surface area (TPSA) is 111 Å². The van der Waals surface area contributed by atoms with Gasteiger partial charge in [-0.3, -0.25) is 4.79 Å². The average molecular weight is 392 g/mol. The SMILES string of the molecule is COC(=O)[C@@H](CCC(C)=O)NC(=O)[C@H](NC(=O)OCc1ccccc1)C(C)C. The molecule has 0 aliphatic heterocycles. The Balaban J connectivity index is 2.68. The van der Waals surface area contributed by atoms with E-state index in [1.165, 1.54) is 14.0 Å². The number of benzene rings is 1. The summed E-state index contributed by atoms with van der Waals surface area (Å²) in [6.45, 7) is 4.98. The van der Waals surface area contributed by atoms with E-state index in [-0.39, 0.29) is 31.1 Å². The van der Waals surface area contributed by atoms with E-state index >= 15 is 0 Å². The van der Waals surface area contributed by atoms with Crippen molar-refractivity contribution in [1.29, 1.82) is 0 Å². The Morgan fingerprint density at radius 1 is 1.04 bits per heavy atom. The monoisotopic (exact) mass is 392 g/mol. The number of Topliss-reactive ketones (excluding diaryl/α,β-unsaturated/α-hetero) is 1. The quantitative estimate of drug-likeness (QED) is 0.589. The van der Waals surface area contributed by atoms with Crippen LogP contribution in [-0.2, 0) is 30.5 Å². The Bertz CT molecular complexity index is 675. The van der Waals surface area contributed by atoms with Crippen LogP contribution in [0.3, 0.4) is 0 Å². The molecular formula is C20H28N2O6. The van der Waals surface area contributed by atoms with Crippen LogP contribution in [-0.4, -0.2) is 42.9 Å². The number of carbonyl (C=O) groups excluding carboxylic acids is 4. The molecule has 28 heavy (non-hydrogen) atoms. The van der Waals surface area contributed by atoms with Gasteiger partial charge in [0.25, 0.3) is 0 Å². The first-order valence-electron chi connectivity index (χ1n) is 9.09. The number of esters is 1. The molecule has 0 bridgehead atoms. The van der Waals surface area contributed by atoms with E-state index < -0.39 is 30.1 Å². The van der Waals surface area contributed by atoms with Crippen molar-refractivity contribution in [1.82, 2.24) is 10.6 Å². The maximum Gasteiger partial charge on any atom is 0.408 e. The zero-order valence-electron chi connectivity index (χ0n) is 16.7. The van der Waals surface area contributed by atoms with E-state index in [2.05, 4.69) is 15.4 Å². The van der Waals surface area contributed by atoms with Crippen molar-refractivity contribution < 1.29 is 28.7 Å². The lowest BCUT2D eigenvalue weighted by Gasteiger charge is -2.24. The molecule has 0 fully saturated rings. The molecule has 0 spiro atoms. The number of hydrogen-bond acceptors (Lipinski definition) is 6. The average Bonchev–Trinajstić information content (AvgIpc) is 2.67. The van der Waals surface area contributed by atoms with Crippen molar-refractivity contribution in [2.24, 2.45) is 5.92 Å². The Labute approximate surface area is 165 Å². The fourth-order valence-corrected chi connectivity index (χ4v) is 2.43. The highest BCUT2D eigenvalue weighted by atomic mass is 16.5. The largest absolute Gasteiger partial charge is 0.467 e. The maximum atomic E-state index is 12.6. The van der Waals surface area contributed by atoms with Crippen LogP contribution >= 0.6 is 0 Å². The van der Waals surface area contributed by atoms with Crippen LogP contribution in [0.15, 0.2) is 30.3 Å². The normalized spacial score (nSPS) is 12.6. The van der Waals surface area contributed by atoms with Gasteiger partial charge < -0.3 is 24.9 Å².